The molecule has 0 amide bonds. The molecule has 130 valence electrons. The zero-order valence-electron chi connectivity index (χ0n) is 13.5. The van der Waals surface area contributed by atoms with Gasteiger partial charge in [0.1, 0.15) is 11.3 Å². The number of nitrogens with zero attached hydrogens (tertiary/aromatic N) is 2. The minimum absolute atomic E-state index is 0.0203. The first-order valence-electron chi connectivity index (χ1n) is 7.27. The van der Waals surface area contributed by atoms with Crippen molar-refractivity contribution in [3.05, 3.63) is 36.0 Å². The van der Waals surface area contributed by atoms with Crippen molar-refractivity contribution in [3.63, 3.8) is 0 Å². The predicted molar refractivity (Wildman–Crippen MR) is 83.6 cm³/mol. The van der Waals surface area contributed by atoms with Crippen LogP contribution in [0.5, 0.6) is 11.6 Å². The van der Waals surface area contributed by atoms with E-state index in [1.54, 1.807) is 31.4 Å². The van der Waals surface area contributed by atoms with Gasteiger partial charge in [-0.1, -0.05) is 13.8 Å². The second-order valence-corrected chi connectivity index (χ2v) is 5.47. The summed E-state index contributed by atoms with van der Waals surface area (Å²) in [5.74, 6) is 0.267. The molecule has 0 saturated heterocycles. The largest absolute Gasteiger partial charge is 0.497 e. The monoisotopic (exact) mass is 341 g/mol. The lowest BCUT2D eigenvalue weighted by atomic mass is 10.2. The van der Waals surface area contributed by atoms with Crippen LogP contribution >= 0.6 is 0 Å². The Morgan fingerprint density at radius 1 is 1.17 bits per heavy atom. The van der Waals surface area contributed by atoms with Crippen molar-refractivity contribution in [2.75, 3.05) is 19.0 Å². The number of benzene rings is 1. The van der Waals surface area contributed by atoms with Crippen molar-refractivity contribution in [2.24, 2.45) is 5.92 Å². The SMILES string of the molecule is COc1ccc(Nc2ncc(C(F)(F)F)c(OCC(C)C)n2)cc1. The molecule has 1 aromatic carbocycles. The van der Waals surface area contributed by atoms with Gasteiger partial charge >= 0.3 is 6.18 Å². The maximum Gasteiger partial charge on any atom is 0.423 e. The second kappa shape index (κ2) is 7.37. The molecule has 2 rings (SSSR count). The Hall–Kier alpha value is -2.51. The Labute approximate surface area is 137 Å². The van der Waals surface area contributed by atoms with Crippen LogP contribution in [0.4, 0.5) is 24.8 Å². The molecule has 0 aliphatic rings. The lowest BCUT2D eigenvalue weighted by Crippen LogP contribution is -2.14. The third kappa shape index (κ3) is 4.74. The van der Waals surface area contributed by atoms with Gasteiger partial charge in [-0.2, -0.15) is 18.2 Å². The van der Waals surface area contributed by atoms with Gasteiger partial charge in [0.05, 0.1) is 13.7 Å². The van der Waals surface area contributed by atoms with Gasteiger partial charge in [-0.3, -0.25) is 0 Å². The molecule has 0 spiro atoms. The van der Waals surface area contributed by atoms with E-state index in [-0.39, 0.29) is 18.5 Å². The molecule has 5 nitrogen and oxygen atoms in total. The van der Waals surface area contributed by atoms with E-state index < -0.39 is 17.6 Å². The average molecular weight is 341 g/mol. The third-order valence-electron chi connectivity index (χ3n) is 2.96. The molecule has 2 aromatic rings. The average Bonchev–Trinajstić information content (AvgIpc) is 2.52. The molecule has 8 heteroatoms. The number of aromatic nitrogens is 2. The van der Waals surface area contributed by atoms with Crippen molar-refractivity contribution < 1.29 is 22.6 Å². The number of ether oxygens (including phenoxy) is 2. The normalized spacial score (nSPS) is 11.5. The summed E-state index contributed by atoms with van der Waals surface area (Å²) in [4.78, 5) is 7.57. The Balaban J connectivity index is 2.25. The molecule has 0 aliphatic heterocycles. The van der Waals surface area contributed by atoms with Gasteiger partial charge < -0.3 is 14.8 Å². The quantitative estimate of drug-likeness (QED) is 0.850. The van der Waals surface area contributed by atoms with Crippen LogP contribution in [0.15, 0.2) is 30.5 Å². The molecule has 0 unspecified atom stereocenters. The number of anilines is 2. The highest BCUT2D eigenvalue weighted by Gasteiger charge is 2.36. The first-order chi connectivity index (χ1) is 11.3. The van der Waals surface area contributed by atoms with Crippen molar-refractivity contribution in [1.29, 1.82) is 0 Å². The summed E-state index contributed by atoms with van der Waals surface area (Å²) < 4.78 is 49.3. The second-order valence-electron chi connectivity index (χ2n) is 5.47. The van der Waals surface area contributed by atoms with Gasteiger partial charge in [-0.15, -0.1) is 0 Å². The summed E-state index contributed by atoms with van der Waals surface area (Å²) in [7, 11) is 1.54. The molecule has 1 aromatic heterocycles. The van der Waals surface area contributed by atoms with E-state index >= 15 is 0 Å². The topological polar surface area (TPSA) is 56.3 Å². The molecule has 0 fully saturated rings. The lowest BCUT2D eigenvalue weighted by Gasteiger charge is -2.15. The number of halogens is 3. The van der Waals surface area contributed by atoms with Crippen LogP contribution in [0.2, 0.25) is 0 Å². The molecular formula is C16H18F3N3O2. The number of methoxy groups -OCH3 is 1. The van der Waals surface area contributed by atoms with E-state index in [2.05, 4.69) is 15.3 Å². The van der Waals surface area contributed by atoms with Crippen molar-refractivity contribution >= 4 is 11.6 Å². The van der Waals surface area contributed by atoms with Crippen LogP contribution in [-0.4, -0.2) is 23.7 Å². The molecule has 1 heterocycles. The number of nitrogens with one attached hydrogen (secondary N) is 1. The highest BCUT2D eigenvalue weighted by Crippen LogP contribution is 2.35. The highest BCUT2D eigenvalue weighted by molar-refractivity contribution is 5.55. The highest BCUT2D eigenvalue weighted by atomic mass is 19.4. The molecule has 24 heavy (non-hydrogen) atoms. The number of rotatable bonds is 6. The summed E-state index contributed by atoms with van der Waals surface area (Å²) in [6.45, 7) is 3.80. The summed E-state index contributed by atoms with van der Waals surface area (Å²) in [5.41, 5.74) is -0.381. The summed E-state index contributed by atoms with van der Waals surface area (Å²) >= 11 is 0. The zero-order valence-corrected chi connectivity index (χ0v) is 13.5. The zero-order chi connectivity index (χ0) is 17.7. The van der Waals surface area contributed by atoms with Crippen molar-refractivity contribution in [1.82, 2.24) is 9.97 Å². The van der Waals surface area contributed by atoms with E-state index in [1.807, 2.05) is 13.8 Å². The van der Waals surface area contributed by atoms with Crippen LogP contribution < -0.4 is 14.8 Å². The van der Waals surface area contributed by atoms with Crippen LogP contribution in [0.3, 0.4) is 0 Å². The van der Waals surface area contributed by atoms with Gasteiger partial charge in [0.15, 0.2) is 0 Å². The van der Waals surface area contributed by atoms with E-state index in [0.29, 0.717) is 17.6 Å². The van der Waals surface area contributed by atoms with Crippen LogP contribution in [0.1, 0.15) is 19.4 Å². The van der Waals surface area contributed by atoms with E-state index in [0.717, 1.165) is 0 Å². The third-order valence-corrected chi connectivity index (χ3v) is 2.96. The summed E-state index contributed by atoms with van der Waals surface area (Å²) in [5, 5.41) is 2.84. The summed E-state index contributed by atoms with van der Waals surface area (Å²) in [6.07, 6.45) is -3.86. The fraction of sp³-hybridized carbons (Fsp3) is 0.375. The lowest BCUT2D eigenvalue weighted by molar-refractivity contribution is -0.139. The maximum atomic E-state index is 13.0. The molecule has 0 aliphatic carbocycles. The van der Waals surface area contributed by atoms with Gasteiger partial charge in [0.2, 0.25) is 11.8 Å². The molecule has 0 atom stereocenters. The Morgan fingerprint density at radius 3 is 2.38 bits per heavy atom. The van der Waals surface area contributed by atoms with Gasteiger partial charge in [-0.05, 0) is 30.2 Å². The Bertz CT molecular complexity index is 673. The van der Waals surface area contributed by atoms with Crippen LogP contribution in [-0.2, 0) is 6.18 Å². The Morgan fingerprint density at radius 2 is 1.83 bits per heavy atom. The molecule has 1 N–H and O–H groups in total. The van der Waals surface area contributed by atoms with Gasteiger partial charge in [0.25, 0.3) is 0 Å². The minimum atomic E-state index is -4.58. The van der Waals surface area contributed by atoms with Gasteiger partial charge in [-0.25, -0.2) is 4.98 Å². The Kier molecular flexibility index (Phi) is 5.48. The van der Waals surface area contributed by atoms with Crippen LogP contribution in [0.25, 0.3) is 0 Å². The number of hydrogen-bond acceptors (Lipinski definition) is 5. The maximum absolute atomic E-state index is 13.0. The number of hydrogen-bond donors (Lipinski definition) is 1. The van der Waals surface area contributed by atoms with Crippen molar-refractivity contribution in [3.8, 4) is 11.6 Å². The first kappa shape index (κ1) is 17.8. The first-order valence-corrected chi connectivity index (χ1v) is 7.27. The molecule has 0 saturated carbocycles. The fourth-order valence-electron chi connectivity index (χ4n) is 1.78. The molecular weight excluding hydrogens is 323 g/mol. The van der Waals surface area contributed by atoms with Crippen LogP contribution in [0, 0.1) is 5.92 Å². The molecule has 0 radical (unpaired) electrons. The van der Waals surface area contributed by atoms with E-state index in [9.17, 15) is 13.2 Å². The van der Waals surface area contributed by atoms with E-state index in [4.69, 9.17) is 9.47 Å². The van der Waals surface area contributed by atoms with Gasteiger partial charge in [0, 0.05) is 11.9 Å². The molecule has 0 bridgehead atoms. The fourth-order valence-corrected chi connectivity index (χ4v) is 1.78. The van der Waals surface area contributed by atoms with Crippen molar-refractivity contribution in [2.45, 2.75) is 20.0 Å². The summed E-state index contributed by atoms with van der Waals surface area (Å²) in [6, 6.07) is 6.83. The predicted octanol–water partition coefficient (Wildman–Crippen LogP) is 4.28. The smallest absolute Gasteiger partial charge is 0.423 e. The van der Waals surface area contributed by atoms with E-state index in [1.165, 1.54) is 0 Å². The minimum Gasteiger partial charge on any atom is -0.497 e. The standard InChI is InChI=1S/C16H18F3N3O2/c1-10(2)9-24-14-13(16(17,18)19)8-20-15(22-14)21-11-4-6-12(23-3)7-5-11/h4-8,10H,9H2,1-3H3,(H,20,21,22). The number of alkyl halides is 3.